The molecule has 1 aromatic heterocycles. The van der Waals surface area contributed by atoms with Gasteiger partial charge in [0, 0.05) is 10.9 Å². The maximum atomic E-state index is 11.6. The minimum Gasteiger partial charge on any atom is -0.494 e. The summed E-state index contributed by atoms with van der Waals surface area (Å²) in [4.78, 5) is 11.6. The Bertz CT molecular complexity index is 573. The zero-order valence-electron chi connectivity index (χ0n) is 8.65. The molecule has 0 unspecified atom stereocenters. The second kappa shape index (κ2) is 3.31. The van der Waals surface area contributed by atoms with Gasteiger partial charge in [0.25, 0.3) is 5.56 Å². The lowest BCUT2D eigenvalue weighted by Gasteiger charge is -2.09. The van der Waals surface area contributed by atoms with E-state index in [2.05, 4.69) is 0 Å². The molecule has 0 aliphatic rings. The van der Waals surface area contributed by atoms with Crippen LogP contribution in [0.5, 0.6) is 5.75 Å². The number of nitrogens with two attached hydrogens (primary N) is 1. The van der Waals surface area contributed by atoms with Gasteiger partial charge in [-0.15, -0.1) is 0 Å². The number of ether oxygens (including phenoxy) is 1. The van der Waals surface area contributed by atoms with Crippen molar-refractivity contribution in [3.8, 4) is 5.75 Å². The Morgan fingerprint density at radius 2 is 2.13 bits per heavy atom. The number of nitrogen functional groups attached to an aromatic ring is 1. The predicted octanol–water partition coefficient (Wildman–Crippen LogP) is 1.03. The first-order chi connectivity index (χ1) is 7.15. The largest absolute Gasteiger partial charge is 0.494 e. The summed E-state index contributed by atoms with van der Waals surface area (Å²) in [5.74, 6) is 6.32. The Kier molecular flexibility index (Phi) is 2.11. The van der Waals surface area contributed by atoms with Crippen LogP contribution in [0.4, 0.5) is 0 Å². The number of fused-ring (bicyclic) bond motifs is 1. The molecule has 78 valence electrons. The van der Waals surface area contributed by atoms with Crippen molar-refractivity contribution in [2.75, 3.05) is 13.0 Å². The monoisotopic (exact) mass is 204 g/mol. The number of para-hydroxylation sites is 1. The third-order valence-electron chi connectivity index (χ3n) is 2.42. The van der Waals surface area contributed by atoms with Crippen LogP contribution in [-0.2, 0) is 0 Å². The van der Waals surface area contributed by atoms with Crippen LogP contribution in [0.3, 0.4) is 0 Å². The van der Waals surface area contributed by atoms with E-state index in [1.165, 1.54) is 0 Å². The van der Waals surface area contributed by atoms with E-state index in [1.54, 1.807) is 20.1 Å². The molecule has 0 aliphatic carbocycles. The first kappa shape index (κ1) is 9.58. The Hall–Kier alpha value is -1.97. The normalized spacial score (nSPS) is 10.5. The second-order valence-electron chi connectivity index (χ2n) is 3.40. The Balaban J connectivity index is 2.99. The van der Waals surface area contributed by atoms with Gasteiger partial charge in [-0.1, -0.05) is 12.1 Å². The number of aromatic nitrogens is 1. The molecular weight excluding hydrogens is 192 g/mol. The number of benzene rings is 1. The minimum atomic E-state index is -0.202. The Morgan fingerprint density at radius 1 is 1.40 bits per heavy atom. The fourth-order valence-electron chi connectivity index (χ4n) is 1.66. The van der Waals surface area contributed by atoms with E-state index in [-0.39, 0.29) is 5.56 Å². The van der Waals surface area contributed by atoms with Crippen molar-refractivity contribution >= 4 is 10.9 Å². The number of nitrogens with zero attached hydrogens (tertiary/aromatic N) is 1. The van der Waals surface area contributed by atoms with Crippen molar-refractivity contribution in [3.05, 3.63) is 40.2 Å². The van der Waals surface area contributed by atoms with E-state index in [4.69, 9.17) is 10.6 Å². The summed E-state index contributed by atoms with van der Waals surface area (Å²) in [6, 6.07) is 7.35. The number of pyridine rings is 1. The third-order valence-corrected chi connectivity index (χ3v) is 2.42. The van der Waals surface area contributed by atoms with Crippen molar-refractivity contribution < 1.29 is 4.74 Å². The Labute approximate surface area is 86.9 Å². The van der Waals surface area contributed by atoms with Crippen LogP contribution in [-0.4, -0.2) is 11.8 Å². The van der Waals surface area contributed by atoms with Crippen LogP contribution in [0, 0.1) is 6.92 Å². The third kappa shape index (κ3) is 1.34. The highest BCUT2D eigenvalue weighted by atomic mass is 16.5. The number of aryl methyl sites for hydroxylation is 1. The second-order valence-corrected chi connectivity index (χ2v) is 3.40. The average molecular weight is 204 g/mol. The van der Waals surface area contributed by atoms with Crippen LogP contribution in [0.25, 0.3) is 10.9 Å². The fraction of sp³-hybridized carbons (Fsp3) is 0.182. The van der Waals surface area contributed by atoms with E-state index >= 15 is 0 Å². The standard InChI is InChI=1S/C11H12N2O2/c1-7-6-8-4-3-5-9(15-2)10(8)13(12)11(7)14/h3-6H,12H2,1-2H3. The molecule has 0 atom stereocenters. The van der Waals surface area contributed by atoms with Gasteiger partial charge >= 0.3 is 0 Å². The van der Waals surface area contributed by atoms with Crippen molar-refractivity contribution in [2.45, 2.75) is 6.92 Å². The molecule has 0 aliphatic heterocycles. The molecule has 4 nitrogen and oxygen atoms in total. The van der Waals surface area contributed by atoms with E-state index in [0.29, 0.717) is 16.8 Å². The lowest BCUT2D eigenvalue weighted by molar-refractivity contribution is 0.418. The zero-order chi connectivity index (χ0) is 11.0. The van der Waals surface area contributed by atoms with Gasteiger partial charge in [-0.2, -0.15) is 0 Å². The number of methoxy groups -OCH3 is 1. The van der Waals surface area contributed by atoms with Gasteiger partial charge < -0.3 is 10.6 Å². The predicted molar refractivity (Wildman–Crippen MR) is 59.6 cm³/mol. The smallest absolute Gasteiger partial charge is 0.272 e. The molecule has 1 heterocycles. The van der Waals surface area contributed by atoms with Gasteiger partial charge in [0.05, 0.1) is 7.11 Å². The summed E-state index contributed by atoms with van der Waals surface area (Å²) in [5, 5.41) is 0.897. The quantitative estimate of drug-likeness (QED) is 0.706. The highest BCUT2D eigenvalue weighted by molar-refractivity contribution is 5.85. The molecule has 0 saturated carbocycles. The molecule has 2 N–H and O–H groups in total. The van der Waals surface area contributed by atoms with Gasteiger partial charge in [0.15, 0.2) is 0 Å². The van der Waals surface area contributed by atoms with Crippen LogP contribution < -0.4 is 16.1 Å². The summed E-state index contributed by atoms with van der Waals surface area (Å²) in [6.45, 7) is 1.74. The number of hydrogen-bond donors (Lipinski definition) is 1. The summed E-state index contributed by atoms with van der Waals surface area (Å²) in [5.41, 5.74) is 1.04. The van der Waals surface area contributed by atoms with E-state index in [9.17, 15) is 4.79 Å². The maximum absolute atomic E-state index is 11.6. The van der Waals surface area contributed by atoms with Gasteiger partial charge in [0.2, 0.25) is 0 Å². The first-order valence-corrected chi connectivity index (χ1v) is 4.59. The summed E-state index contributed by atoms with van der Waals surface area (Å²) in [7, 11) is 1.55. The van der Waals surface area contributed by atoms with Gasteiger partial charge in [-0.25, -0.2) is 4.68 Å². The maximum Gasteiger partial charge on any atom is 0.272 e. The molecule has 4 heteroatoms. The molecule has 0 bridgehead atoms. The highest BCUT2D eigenvalue weighted by Gasteiger charge is 2.08. The fourth-order valence-corrected chi connectivity index (χ4v) is 1.66. The summed E-state index contributed by atoms with van der Waals surface area (Å²) < 4.78 is 6.29. The van der Waals surface area contributed by atoms with Gasteiger partial charge in [-0.3, -0.25) is 4.79 Å². The lowest BCUT2D eigenvalue weighted by Crippen LogP contribution is -2.29. The average Bonchev–Trinajstić information content (AvgIpc) is 2.25. The van der Waals surface area contributed by atoms with Crippen LogP contribution >= 0.6 is 0 Å². The van der Waals surface area contributed by atoms with E-state index in [1.807, 2.05) is 18.2 Å². The van der Waals surface area contributed by atoms with Gasteiger partial charge in [-0.05, 0) is 19.1 Å². The van der Waals surface area contributed by atoms with Crippen LogP contribution in [0.2, 0.25) is 0 Å². The SMILES string of the molecule is COc1cccc2cc(C)c(=O)n(N)c12. The van der Waals surface area contributed by atoms with Crippen LogP contribution in [0.15, 0.2) is 29.1 Å². The summed E-state index contributed by atoms with van der Waals surface area (Å²) in [6.07, 6.45) is 0. The topological polar surface area (TPSA) is 57.2 Å². The highest BCUT2D eigenvalue weighted by Crippen LogP contribution is 2.23. The molecule has 0 amide bonds. The van der Waals surface area contributed by atoms with Crippen LogP contribution in [0.1, 0.15) is 5.56 Å². The Morgan fingerprint density at radius 3 is 2.80 bits per heavy atom. The van der Waals surface area contributed by atoms with Crippen molar-refractivity contribution in [1.82, 2.24) is 4.68 Å². The minimum absolute atomic E-state index is 0.202. The molecule has 15 heavy (non-hydrogen) atoms. The lowest BCUT2D eigenvalue weighted by atomic mass is 10.1. The molecule has 0 saturated heterocycles. The van der Waals surface area contributed by atoms with Crippen molar-refractivity contribution in [2.24, 2.45) is 0 Å². The van der Waals surface area contributed by atoms with Crippen molar-refractivity contribution in [1.29, 1.82) is 0 Å². The van der Waals surface area contributed by atoms with Crippen molar-refractivity contribution in [3.63, 3.8) is 0 Å². The van der Waals surface area contributed by atoms with E-state index in [0.717, 1.165) is 10.1 Å². The number of rotatable bonds is 1. The summed E-state index contributed by atoms with van der Waals surface area (Å²) >= 11 is 0. The molecule has 0 spiro atoms. The van der Waals surface area contributed by atoms with E-state index < -0.39 is 0 Å². The number of hydrogen-bond acceptors (Lipinski definition) is 3. The molecule has 1 aromatic carbocycles. The van der Waals surface area contributed by atoms with Gasteiger partial charge in [0.1, 0.15) is 11.3 Å². The zero-order valence-corrected chi connectivity index (χ0v) is 8.65. The molecule has 0 radical (unpaired) electrons. The molecular formula is C11H12N2O2. The molecule has 2 rings (SSSR count). The molecule has 0 fully saturated rings. The first-order valence-electron chi connectivity index (χ1n) is 4.59. The molecule has 2 aromatic rings.